The molecule has 1 heterocycles. The highest BCUT2D eigenvalue weighted by Crippen LogP contribution is 2.20. The molecule has 2 aromatic rings. The summed E-state index contributed by atoms with van der Waals surface area (Å²) in [7, 11) is 0. The summed E-state index contributed by atoms with van der Waals surface area (Å²) >= 11 is 1.77. The van der Waals surface area contributed by atoms with E-state index in [1.807, 2.05) is 32.0 Å². The van der Waals surface area contributed by atoms with Crippen LogP contribution in [0.2, 0.25) is 0 Å². The Morgan fingerprint density at radius 1 is 1.14 bits per heavy atom. The van der Waals surface area contributed by atoms with Gasteiger partial charge >= 0.3 is 6.03 Å². The monoisotopic (exact) mass is 302 g/mol. The van der Waals surface area contributed by atoms with Crippen LogP contribution in [0.5, 0.6) is 0 Å². The van der Waals surface area contributed by atoms with E-state index in [9.17, 15) is 4.79 Å². The number of thiophene rings is 1. The van der Waals surface area contributed by atoms with E-state index in [0.717, 1.165) is 17.7 Å². The molecule has 0 fully saturated rings. The van der Waals surface area contributed by atoms with Crippen molar-refractivity contribution in [2.75, 3.05) is 11.9 Å². The van der Waals surface area contributed by atoms with E-state index in [-0.39, 0.29) is 6.03 Å². The number of carbonyl (C=O) groups is 1. The Hall–Kier alpha value is -1.81. The smallest absolute Gasteiger partial charge is 0.319 e. The molecule has 112 valence electrons. The Morgan fingerprint density at radius 2 is 1.90 bits per heavy atom. The molecule has 0 saturated carbocycles. The topological polar surface area (TPSA) is 41.1 Å². The number of amides is 2. The van der Waals surface area contributed by atoms with Crippen LogP contribution in [0.15, 0.2) is 23.6 Å². The van der Waals surface area contributed by atoms with Gasteiger partial charge in [-0.15, -0.1) is 11.3 Å². The first-order valence-electron chi connectivity index (χ1n) is 7.13. The Balaban J connectivity index is 1.85. The minimum Gasteiger partial charge on any atom is -0.338 e. The molecular formula is C17H22N2OS. The van der Waals surface area contributed by atoms with E-state index >= 15 is 0 Å². The standard InChI is InChI=1S/C17H22N2OS/c1-11-6-5-7-16(12(11)2)19-17(20)18-9-8-15-10-21-14(4)13(15)3/h5-7,10H,8-9H2,1-4H3,(H2,18,19,20). The molecule has 3 nitrogen and oxygen atoms in total. The van der Waals surface area contributed by atoms with Gasteiger partial charge in [-0.1, -0.05) is 12.1 Å². The lowest BCUT2D eigenvalue weighted by atomic mass is 10.1. The summed E-state index contributed by atoms with van der Waals surface area (Å²) in [6, 6.07) is 5.78. The first kappa shape index (κ1) is 15.6. The molecule has 21 heavy (non-hydrogen) atoms. The van der Waals surface area contributed by atoms with E-state index in [1.54, 1.807) is 11.3 Å². The van der Waals surface area contributed by atoms with E-state index in [0.29, 0.717) is 6.54 Å². The molecule has 2 rings (SSSR count). The lowest BCUT2D eigenvalue weighted by molar-refractivity contribution is 0.252. The zero-order valence-electron chi connectivity index (χ0n) is 13.0. The minimum atomic E-state index is -0.145. The predicted molar refractivity (Wildman–Crippen MR) is 90.4 cm³/mol. The second-order valence-electron chi connectivity index (χ2n) is 5.32. The summed E-state index contributed by atoms with van der Waals surface area (Å²) in [6.45, 7) is 8.97. The van der Waals surface area contributed by atoms with Crippen LogP contribution in [-0.4, -0.2) is 12.6 Å². The molecule has 0 atom stereocenters. The van der Waals surface area contributed by atoms with Crippen LogP contribution >= 0.6 is 11.3 Å². The van der Waals surface area contributed by atoms with Crippen LogP contribution in [0.3, 0.4) is 0 Å². The Kier molecular flexibility index (Phi) is 5.02. The van der Waals surface area contributed by atoms with Crippen LogP contribution in [-0.2, 0) is 6.42 Å². The minimum absolute atomic E-state index is 0.145. The molecule has 1 aromatic heterocycles. The number of anilines is 1. The fraction of sp³-hybridized carbons (Fsp3) is 0.353. The molecule has 0 saturated heterocycles. The van der Waals surface area contributed by atoms with Crippen molar-refractivity contribution in [2.45, 2.75) is 34.1 Å². The van der Waals surface area contributed by atoms with Crippen LogP contribution in [0.4, 0.5) is 10.5 Å². The molecule has 4 heteroatoms. The summed E-state index contributed by atoms with van der Waals surface area (Å²) in [5.41, 5.74) is 5.82. The summed E-state index contributed by atoms with van der Waals surface area (Å²) < 4.78 is 0. The molecule has 0 unspecified atom stereocenters. The SMILES string of the molecule is Cc1cccc(NC(=O)NCCc2csc(C)c2C)c1C. The predicted octanol–water partition coefficient (Wildman–Crippen LogP) is 4.35. The van der Waals surface area contributed by atoms with Crippen molar-refractivity contribution in [1.29, 1.82) is 0 Å². The number of hydrogen-bond donors (Lipinski definition) is 2. The number of aryl methyl sites for hydroxylation is 2. The highest BCUT2D eigenvalue weighted by atomic mass is 32.1. The summed E-state index contributed by atoms with van der Waals surface area (Å²) in [6.07, 6.45) is 0.871. The Labute approximate surface area is 130 Å². The highest BCUT2D eigenvalue weighted by molar-refractivity contribution is 7.10. The van der Waals surface area contributed by atoms with Gasteiger partial charge in [0.05, 0.1) is 0 Å². The largest absolute Gasteiger partial charge is 0.338 e. The van der Waals surface area contributed by atoms with E-state index in [2.05, 4.69) is 29.9 Å². The number of benzene rings is 1. The molecular weight excluding hydrogens is 280 g/mol. The maximum Gasteiger partial charge on any atom is 0.319 e. The fourth-order valence-corrected chi connectivity index (χ4v) is 3.09. The van der Waals surface area contributed by atoms with Gasteiger partial charge in [-0.05, 0) is 67.8 Å². The van der Waals surface area contributed by atoms with Gasteiger partial charge in [0.2, 0.25) is 0 Å². The van der Waals surface area contributed by atoms with Crippen LogP contribution in [0, 0.1) is 27.7 Å². The van der Waals surface area contributed by atoms with Crippen LogP contribution in [0.1, 0.15) is 27.1 Å². The average molecular weight is 302 g/mol. The lowest BCUT2D eigenvalue weighted by Gasteiger charge is -2.11. The normalized spacial score (nSPS) is 10.5. The molecule has 0 aliphatic carbocycles. The van der Waals surface area contributed by atoms with Crippen molar-refractivity contribution in [2.24, 2.45) is 0 Å². The second kappa shape index (κ2) is 6.76. The van der Waals surface area contributed by atoms with Crippen LogP contribution in [0.25, 0.3) is 0 Å². The molecule has 2 amide bonds. The summed E-state index contributed by atoms with van der Waals surface area (Å²) in [5, 5.41) is 8.00. The first-order chi connectivity index (χ1) is 9.99. The van der Waals surface area contributed by atoms with Crippen molar-refractivity contribution in [1.82, 2.24) is 5.32 Å². The second-order valence-corrected chi connectivity index (χ2v) is 6.40. The highest BCUT2D eigenvalue weighted by Gasteiger charge is 2.07. The third kappa shape index (κ3) is 3.85. The quantitative estimate of drug-likeness (QED) is 0.866. The molecule has 0 spiro atoms. The van der Waals surface area contributed by atoms with Gasteiger partial charge in [0.1, 0.15) is 0 Å². The van der Waals surface area contributed by atoms with Crippen molar-refractivity contribution in [3.63, 3.8) is 0 Å². The zero-order chi connectivity index (χ0) is 15.4. The van der Waals surface area contributed by atoms with Crippen LogP contribution < -0.4 is 10.6 Å². The lowest BCUT2D eigenvalue weighted by Crippen LogP contribution is -2.30. The fourth-order valence-electron chi connectivity index (χ4n) is 2.17. The summed E-state index contributed by atoms with van der Waals surface area (Å²) in [4.78, 5) is 13.3. The van der Waals surface area contributed by atoms with Crippen molar-refractivity contribution >= 4 is 23.1 Å². The van der Waals surface area contributed by atoms with Gasteiger partial charge < -0.3 is 10.6 Å². The van der Waals surface area contributed by atoms with Crippen molar-refractivity contribution in [3.05, 3.63) is 50.7 Å². The van der Waals surface area contributed by atoms with Gasteiger partial charge in [-0.25, -0.2) is 4.79 Å². The first-order valence-corrected chi connectivity index (χ1v) is 8.01. The maximum absolute atomic E-state index is 11.9. The summed E-state index contributed by atoms with van der Waals surface area (Å²) in [5.74, 6) is 0. The zero-order valence-corrected chi connectivity index (χ0v) is 13.9. The molecule has 0 radical (unpaired) electrons. The maximum atomic E-state index is 11.9. The third-order valence-electron chi connectivity index (χ3n) is 3.92. The van der Waals surface area contributed by atoms with E-state index in [1.165, 1.54) is 21.6 Å². The number of urea groups is 1. The molecule has 0 bridgehead atoms. The molecule has 1 aromatic carbocycles. The average Bonchev–Trinajstić information content (AvgIpc) is 2.76. The van der Waals surface area contributed by atoms with Crippen molar-refractivity contribution < 1.29 is 4.79 Å². The Morgan fingerprint density at radius 3 is 2.57 bits per heavy atom. The Bertz CT molecular complexity index is 646. The number of rotatable bonds is 4. The van der Waals surface area contributed by atoms with Crippen molar-refractivity contribution in [3.8, 4) is 0 Å². The number of carbonyl (C=O) groups excluding carboxylic acids is 1. The van der Waals surface area contributed by atoms with Gasteiger partial charge in [-0.2, -0.15) is 0 Å². The van der Waals surface area contributed by atoms with Gasteiger partial charge in [0.25, 0.3) is 0 Å². The molecule has 0 aliphatic heterocycles. The van der Waals surface area contributed by atoms with E-state index in [4.69, 9.17) is 0 Å². The molecule has 2 N–H and O–H groups in total. The number of hydrogen-bond acceptors (Lipinski definition) is 2. The van der Waals surface area contributed by atoms with E-state index < -0.39 is 0 Å². The van der Waals surface area contributed by atoms with Gasteiger partial charge in [0, 0.05) is 17.1 Å². The van der Waals surface area contributed by atoms with Gasteiger partial charge in [-0.3, -0.25) is 0 Å². The third-order valence-corrected chi connectivity index (χ3v) is 4.98. The molecule has 0 aliphatic rings. The van der Waals surface area contributed by atoms with Gasteiger partial charge in [0.15, 0.2) is 0 Å². The number of nitrogens with one attached hydrogen (secondary N) is 2.